The smallest absolute Gasteiger partial charge is 0.235 e. The van der Waals surface area contributed by atoms with E-state index in [9.17, 15) is 0 Å². The maximum atomic E-state index is 5.44. The molecular formula is C48H30N4. The third kappa shape index (κ3) is 4.15. The molecule has 0 saturated heterocycles. The van der Waals surface area contributed by atoms with Crippen LogP contribution >= 0.6 is 0 Å². The number of aromatic nitrogens is 4. The molecule has 52 heavy (non-hydrogen) atoms. The minimum absolute atomic E-state index is 0.651. The molecule has 0 unspecified atom stereocenters. The molecule has 0 radical (unpaired) electrons. The monoisotopic (exact) mass is 662 g/mol. The van der Waals surface area contributed by atoms with Gasteiger partial charge >= 0.3 is 0 Å². The molecule has 0 bridgehead atoms. The van der Waals surface area contributed by atoms with E-state index in [2.05, 4.69) is 185 Å². The van der Waals surface area contributed by atoms with Crippen molar-refractivity contribution in [2.45, 2.75) is 0 Å². The van der Waals surface area contributed by atoms with Crippen LogP contribution in [0.1, 0.15) is 0 Å². The van der Waals surface area contributed by atoms with Crippen LogP contribution in [-0.2, 0) is 0 Å². The van der Waals surface area contributed by atoms with Crippen LogP contribution in [0.15, 0.2) is 182 Å². The highest BCUT2D eigenvalue weighted by Crippen LogP contribution is 2.46. The third-order valence-electron chi connectivity index (χ3n) is 10.5. The van der Waals surface area contributed by atoms with Gasteiger partial charge in [0.05, 0.1) is 33.3 Å². The molecule has 4 heteroatoms. The molecule has 8 aromatic carbocycles. The summed E-state index contributed by atoms with van der Waals surface area (Å²) in [4.78, 5) is 10.8. The number of hydrogen-bond donors (Lipinski definition) is 0. The van der Waals surface area contributed by atoms with Crippen LogP contribution in [0.2, 0.25) is 0 Å². The molecule has 4 nitrogen and oxygen atoms in total. The Hall–Kier alpha value is -7.04. The average Bonchev–Trinajstić information content (AvgIpc) is 3.74. The van der Waals surface area contributed by atoms with E-state index in [0.29, 0.717) is 5.95 Å². The summed E-state index contributed by atoms with van der Waals surface area (Å²) in [6.07, 6.45) is 0. The van der Waals surface area contributed by atoms with Crippen molar-refractivity contribution in [3.8, 4) is 34.0 Å². The van der Waals surface area contributed by atoms with Gasteiger partial charge in [-0.15, -0.1) is 0 Å². The lowest BCUT2D eigenvalue weighted by Gasteiger charge is -2.13. The number of rotatable bonds is 4. The van der Waals surface area contributed by atoms with Crippen molar-refractivity contribution in [2.75, 3.05) is 0 Å². The lowest BCUT2D eigenvalue weighted by Crippen LogP contribution is -2.03. The zero-order valence-corrected chi connectivity index (χ0v) is 28.1. The Balaban J connectivity index is 1.37. The summed E-state index contributed by atoms with van der Waals surface area (Å²) >= 11 is 0. The van der Waals surface area contributed by atoms with Crippen molar-refractivity contribution in [2.24, 2.45) is 0 Å². The summed E-state index contributed by atoms with van der Waals surface area (Å²) in [5.74, 6) is 0.651. The van der Waals surface area contributed by atoms with Gasteiger partial charge in [-0.3, -0.25) is 4.57 Å². The summed E-state index contributed by atoms with van der Waals surface area (Å²) in [6.45, 7) is 0. The highest BCUT2D eigenvalue weighted by Gasteiger charge is 2.24. The van der Waals surface area contributed by atoms with E-state index in [1.807, 2.05) is 6.07 Å². The Morgan fingerprint density at radius 1 is 0.346 bits per heavy atom. The van der Waals surface area contributed by atoms with E-state index in [4.69, 9.17) is 9.97 Å². The molecule has 0 N–H and O–H groups in total. The first kappa shape index (κ1) is 28.8. The maximum absolute atomic E-state index is 5.44. The Morgan fingerprint density at radius 2 is 0.904 bits per heavy atom. The van der Waals surface area contributed by atoms with Crippen LogP contribution in [0.3, 0.4) is 0 Å². The van der Waals surface area contributed by atoms with E-state index in [-0.39, 0.29) is 0 Å². The molecule has 11 rings (SSSR count). The lowest BCUT2D eigenvalue weighted by molar-refractivity contribution is 1.01. The summed E-state index contributed by atoms with van der Waals surface area (Å²) in [5, 5.41) is 8.29. The molecule has 242 valence electrons. The topological polar surface area (TPSA) is 35.6 Å². The molecule has 0 aliphatic rings. The van der Waals surface area contributed by atoms with Gasteiger partial charge in [-0.2, -0.15) is 0 Å². The molecular weight excluding hydrogens is 633 g/mol. The minimum atomic E-state index is 0.651. The van der Waals surface area contributed by atoms with E-state index in [1.165, 1.54) is 54.5 Å². The fraction of sp³-hybridized carbons (Fsp3) is 0. The van der Waals surface area contributed by atoms with Gasteiger partial charge in [0, 0.05) is 38.2 Å². The predicted octanol–water partition coefficient (Wildman–Crippen LogP) is 12.3. The Morgan fingerprint density at radius 3 is 1.65 bits per heavy atom. The molecule has 0 aliphatic heterocycles. The van der Waals surface area contributed by atoms with Crippen molar-refractivity contribution in [1.29, 1.82) is 0 Å². The molecule has 0 atom stereocenters. The highest BCUT2D eigenvalue weighted by molar-refractivity contribution is 6.34. The van der Waals surface area contributed by atoms with E-state index >= 15 is 0 Å². The fourth-order valence-corrected chi connectivity index (χ4v) is 8.33. The van der Waals surface area contributed by atoms with E-state index in [0.717, 1.165) is 38.9 Å². The molecule has 3 aromatic heterocycles. The van der Waals surface area contributed by atoms with Crippen LogP contribution in [0, 0.1) is 0 Å². The van der Waals surface area contributed by atoms with Gasteiger partial charge in [-0.25, -0.2) is 9.97 Å². The molecule has 0 saturated carbocycles. The molecule has 11 aromatic rings. The third-order valence-corrected chi connectivity index (χ3v) is 10.5. The normalized spacial score (nSPS) is 11.8. The minimum Gasteiger partial charge on any atom is -0.309 e. The van der Waals surface area contributed by atoms with Gasteiger partial charge in [-0.1, -0.05) is 140 Å². The van der Waals surface area contributed by atoms with Gasteiger partial charge in [0.1, 0.15) is 0 Å². The van der Waals surface area contributed by atoms with Gasteiger partial charge in [0.15, 0.2) is 0 Å². The largest absolute Gasteiger partial charge is 0.309 e. The van der Waals surface area contributed by atoms with Gasteiger partial charge in [0.25, 0.3) is 0 Å². The number of benzene rings is 8. The number of nitrogens with zero attached hydrogens (tertiary/aromatic N) is 4. The van der Waals surface area contributed by atoms with Crippen LogP contribution in [0.25, 0.3) is 99.3 Å². The summed E-state index contributed by atoms with van der Waals surface area (Å²) in [5.41, 5.74) is 10.9. The quantitative estimate of drug-likeness (QED) is 0.188. The highest BCUT2D eigenvalue weighted by atomic mass is 15.2. The Labute approximate surface area is 299 Å². The first-order valence-corrected chi connectivity index (χ1v) is 17.7. The van der Waals surface area contributed by atoms with E-state index < -0.39 is 0 Å². The van der Waals surface area contributed by atoms with Crippen molar-refractivity contribution in [3.05, 3.63) is 182 Å². The van der Waals surface area contributed by atoms with Crippen molar-refractivity contribution >= 4 is 65.3 Å². The molecule has 0 aliphatic carbocycles. The SMILES string of the molecule is c1ccc(-c2nc(-n3c4cc(-c5ccccc5)c5ccccc5c4c4c5c6ccccc6n(-c6ccccc6)c5ccc43)nc3ccccc23)cc1. The molecule has 3 heterocycles. The summed E-state index contributed by atoms with van der Waals surface area (Å²) < 4.78 is 4.70. The van der Waals surface area contributed by atoms with E-state index in [1.54, 1.807) is 0 Å². The van der Waals surface area contributed by atoms with Crippen molar-refractivity contribution in [3.63, 3.8) is 0 Å². The summed E-state index contributed by atoms with van der Waals surface area (Å²) in [7, 11) is 0. The van der Waals surface area contributed by atoms with Crippen molar-refractivity contribution in [1.82, 2.24) is 19.1 Å². The van der Waals surface area contributed by atoms with Gasteiger partial charge in [0.2, 0.25) is 5.95 Å². The first-order valence-electron chi connectivity index (χ1n) is 17.7. The Bertz CT molecular complexity index is 3160. The lowest BCUT2D eigenvalue weighted by atomic mass is 9.94. The summed E-state index contributed by atoms with van der Waals surface area (Å²) in [6, 6.07) is 64.7. The van der Waals surface area contributed by atoms with Crippen LogP contribution in [0.5, 0.6) is 0 Å². The maximum Gasteiger partial charge on any atom is 0.235 e. The second-order valence-electron chi connectivity index (χ2n) is 13.4. The predicted molar refractivity (Wildman–Crippen MR) is 217 cm³/mol. The van der Waals surface area contributed by atoms with Crippen LogP contribution in [0.4, 0.5) is 0 Å². The number of fused-ring (bicyclic) bond motifs is 10. The second-order valence-corrected chi connectivity index (χ2v) is 13.4. The van der Waals surface area contributed by atoms with Gasteiger partial charge in [-0.05, 0) is 64.4 Å². The van der Waals surface area contributed by atoms with Crippen molar-refractivity contribution < 1.29 is 0 Å². The number of hydrogen-bond acceptors (Lipinski definition) is 2. The zero-order valence-electron chi connectivity index (χ0n) is 28.1. The first-order chi connectivity index (χ1) is 25.8. The van der Waals surface area contributed by atoms with Crippen LogP contribution in [-0.4, -0.2) is 19.1 Å². The van der Waals surface area contributed by atoms with Crippen LogP contribution < -0.4 is 0 Å². The standard InChI is InChI=1S/C48H30N4/c1-4-16-31(17-5-1)38-30-43-44(35-23-11-10-22-34(35)38)46-42(29-28-41-45(46)37-25-13-15-27-40(37)51(41)33-20-8-3-9-21-33)52(43)48-49-39-26-14-12-24-36(39)47(50-48)32-18-6-2-7-19-32/h1-30H. The molecule has 0 amide bonds. The number of para-hydroxylation sites is 3. The fourth-order valence-electron chi connectivity index (χ4n) is 8.33. The average molecular weight is 663 g/mol. The Kier molecular flexibility index (Phi) is 6.22. The molecule has 0 spiro atoms. The molecule has 0 fully saturated rings. The zero-order chi connectivity index (χ0) is 34.2. The van der Waals surface area contributed by atoms with Gasteiger partial charge < -0.3 is 4.57 Å². The second kappa shape index (κ2) is 11.2.